The Labute approximate surface area is 284 Å². The highest BCUT2D eigenvalue weighted by Crippen LogP contribution is 2.36. The summed E-state index contributed by atoms with van der Waals surface area (Å²) in [5, 5.41) is 0.423. The normalized spacial score (nSPS) is 14.5. The maximum Gasteiger partial charge on any atom is 0.338 e. The molecule has 0 saturated heterocycles. The van der Waals surface area contributed by atoms with Crippen LogP contribution in [-0.4, -0.2) is 29.7 Å². The first-order valence-electron chi connectivity index (χ1n) is 13.9. The number of hydrogen-bond acceptors (Lipinski definition) is 8. The lowest BCUT2D eigenvalue weighted by Crippen LogP contribution is -2.40. The van der Waals surface area contributed by atoms with Crippen LogP contribution in [0.2, 0.25) is 5.02 Å². The van der Waals surface area contributed by atoms with Gasteiger partial charge in [-0.05, 0) is 106 Å². The SMILES string of the molecule is CCOC(=O)C1=C(C)N=c2s/c(=C\c3cc(Br)c(OCc4ccc(C(=O)OCC)cc4)c(Br)c3)c(=O)n2[C@H]1c1ccccc1Cl. The summed E-state index contributed by atoms with van der Waals surface area (Å²) in [6.45, 7) is 5.98. The molecule has 12 heteroatoms. The molecule has 1 aliphatic heterocycles. The van der Waals surface area contributed by atoms with Gasteiger partial charge in [0, 0.05) is 5.02 Å². The van der Waals surface area contributed by atoms with Gasteiger partial charge in [-0.25, -0.2) is 14.6 Å². The van der Waals surface area contributed by atoms with E-state index in [0.29, 0.717) is 52.5 Å². The minimum Gasteiger partial charge on any atom is -0.487 e. The van der Waals surface area contributed by atoms with Crippen LogP contribution in [0.5, 0.6) is 5.75 Å². The minimum absolute atomic E-state index is 0.181. The van der Waals surface area contributed by atoms with Crippen molar-refractivity contribution in [1.29, 1.82) is 0 Å². The molecule has 1 atom stereocenters. The molecule has 1 aromatic heterocycles. The van der Waals surface area contributed by atoms with E-state index in [9.17, 15) is 14.4 Å². The summed E-state index contributed by atoms with van der Waals surface area (Å²) in [5.41, 5.74) is 3.12. The Morgan fingerprint density at radius 3 is 2.29 bits per heavy atom. The Hall–Kier alpha value is -3.51. The highest BCUT2D eigenvalue weighted by atomic mass is 79.9. The fourth-order valence-corrected chi connectivity index (χ4v) is 7.58. The van der Waals surface area contributed by atoms with Crippen LogP contribution >= 0.6 is 54.8 Å². The van der Waals surface area contributed by atoms with Crippen molar-refractivity contribution in [3.05, 3.63) is 128 Å². The zero-order chi connectivity index (χ0) is 32.2. The van der Waals surface area contributed by atoms with Crippen molar-refractivity contribution < 1.29 is 23.8 Å². The molecule has 0 fully saturated rings. The van der Waals surface area contributed by atoms with Gasteiger partial charge in [-0.3, -0.25) is 9.36 Å². The van der Waals surface area contributed by atoms with Gasteiger partial charge < -0.3 is 14.2 Å². The third-order valence-corrected chi connectivity index (χ3v) is 9.39. The van der Waals surface area contributed by atoms with Gasteiger partial charge in [0.15, 0.2) is 4.80 Å². The number of benzene rings is 3. The number of fused-ring (bicyclic) bond motifs is 1. The van der Waals surface area contributed by atoms with Crippen LogP contribution in [0.15, 0.2) is 90.7 Å². The van der Waals surface area contributed by atoms with Crippen molar-refractivity contribution in [3.63, 3.8) is 0 Å². The van der Waals surface area contributed by atoms with Gasteiger partial charge in [0.2, 0.25) is 0 Å². The fourth-order valence-electron chi connectivity index (χ4n) is 4.84. The number of esters is 2. The number of nitrogens with zero attached hydrogens (tertiary/aromatic N) is 2. The monoisotopic (exact) mass is 772 g/mol. The predicted molar refractivity (Wildman–Crippen MR) is 180 cm³/mol. The third kappa shape index (κ3) is 7.01. The number of carbonyl (C=O) groups is 2. The zero-order valence-corrected chi connectivity index (χ0v) is 29.2. The lowest BCUT2D eigenvalue weighted by molar-refractivity contribution is -0.139. The van der Waals surface area contributed by atoms with E-state index in [2.05, 4.69) is 36.9 Å². The van der Waals surface area contributed by atoms with E-state index in [-0.39, 0.29) is 30.3 Å². The van der Waals surface area contributed by atoms with Crippen LogP contribution < -0.4 is 19.6 Å². The third-order valence-electron chi connectivity index (χ3n) is 6.88. The number of thiazole rings is 1. The molecule has 0 amide bonds. The van der Waals surface area contributed by atoms with E-state index >= 15 is 0 Å². The highest BCUT2D eigenvalue weighted by Gasteiger charge is 2.34. The standard InChI is InChI=1S/C33H27Br2ClN2O6S/c1-4-42-31(40)21-12-10-19(11-13-21)17-44-29-23(34)14-20(15-24(29)35)16-26-30(39)38-28(22-8-6-7-9-25(22)36)27(32(41)43-5-2)18(3)37-33(38)45-26/h6-16,28H,4-5,17H2,1-3H3/b26-16-/t28-/m0/s1. The van der Waals surface area contributed by atoms with Crippen LogP contribution in [0.25, 0.3) is 6.08 Å². The average molecular weight is 775 g/mol. The van der Waals surface area contributed by atoms with Crippen molar-refractivity contribution in [1.82, 2.24) is 4.57 Å². The van der Waals surface area contributed by atoms with Gasteiger partial charge in [-0.2, -0.15) is 0 Å². The number of allylic oxidation sites excluding steroid dienone is 1. The molecule has 0 unspecified atom stereocenters. The fraction of sp³-hybridized carbons (Fsp3) is 0.212. The second-order valence-corrected chi connectivity index (χ2v) is 13.0. The van der Waals surface area contributed by atoms with Crippen molar-refractivity contribution in [3.8, 4) is 5.75 Å². The molecule has 0 bridgehead atoms. The van der Waals surface area contributed by atoms with Crippen LogP contribution in [0.1, 0.15) is 53.9 Å². The van der Waals surface area contributed by atoms with E-state index in [1.54, 1.807) is 57.2 Å². The first-order valence-corrected chi connectivity index (χ1v) is 16.7. The Kier molecular flexibility index (Phi) is 10.4. The number of aromatic nitrogens is 1. The first kappa shape index (κ1) is 32.9. The summed E-state index contributed by atoms with van der Waals surface area (Å²) in [6.07, 6.45) is 1.77. The number of rotatable bonds is 9. The molecule has 0 aliphatic carbocycles. The second-order valence-electron chi connectivity index (χ2n) is 9.84. The van der Waals surface area contributed by atoms with E-state index in [1.807, 2.05) is 30.3 Å². The van der Waals surface area contributed by atoms with Gasteiger partial charge in [0.25, 0.3) is 5.56 Å². The summed E-state index contributed by atoms with van der Waals surface area (Å²) in [5.74, 6) is -0.333. The average Bonchev–Trinajstić information content (AvgIpc) is 3.30. The van der Waals surface area contributed by atoms with Crippen LogP contribution in [0, 0.1) is 0 Å². The Morgan fingerprint density at radius 2 is 1.64 bits per heavy atom. The number of carbonyl (C=O) groups excluding carboxylic acids is 2. The van der Waals surface area contributed by atoms with Gasteiger partial charge >= 0.3 is 11.9 Å². The molecule has 8 nitrogen and oxygen atoms in total. The maximum atomic E-state index is 13.9. The van der Waals surface area contributed by atoms with Gasteiger partial charge in [-0.15, -0.1) is 0 Å². The van der Waals surface area contributed by atoms with Crippen LogP contribution in [-0.2, 0) is 20.9 Å². The molecule has 2 heterocycles. The second kappa shape index (κ2) is 14.3. The van der Waals surface area contributed by atoms with Crippen molar-refractivity contribution in [2.24, 2.45) is 4.99 Å². The van der Waals surface area contributed by atoms with Gasteiger partial charge in [0.1, 0.15) is 18.4 Å². The Balaban J connectivity index is 1.47. The topological polar surface area (TPSA) is 96.2 Å². The molecule has 0 saturated carbocycles. The van der Waals surface area contributed by atoms with E-state index in [0.717, 1.165) is 11.1 Å². The minimum atomic E-state index is -0.795. The molecule has 3 aromatic carbocycles. The van der Waals surface area contributed by atoms with Crippen molar-refractivity contribution in [2.75, 3.05) is 13.2 Å². The molecular formula is C33H27Br2ClN2O6S. The summed E-state index contributed by atoms with van der Waals surface area (Å²) in [6, 6.07) is 17.1. The molecule has 0 spiro atoms. The Morgan fingerprint density at radius 1 is 1.00 bits per heavy atom. The quantitative estimate of drug-likeness (QED) is 0.175. The predicted octanol–water partition coefficient (Wildman–Crippen LogP) is 6.73. The lowest BCUT2D eigenvalue weighted by atomic mass is 9.96. The highest BCUT2D eigenvalue weighted by molar-refractivity contribution is 9.11. The van der Waals surface area contributed by atoms with E-state index in [1.165, 1.54) is 15.9 Å². The van der Waals surface area contributed by atoms with Crippen molar-refractivity contribution in [2.45, 2.75) is 33.4 Å². The van der Waals surface area contributed by atoms with Crippen LogP contribution in [0.4, 0.5) is 0 Å². The smallest absolute Gasteiger partial charge is 0.338 e. The van der Waals surface area contributed by atoms with Crippen molar-refractivity contribution >= 4 is 72.8 Å². The number of hydrogen-bond donors (Lipinski definition) is 0. The summed E-state index contributed by atoms with van der Waals surface area (Å²) in [4.78, 5) is 44.0. The molecule has 4 aromatic rings. The summed E-state index contributed by atoms with van der Waals surface area (Å²) >= 11 is 15.0. The first-order chi connectivity index (χ1) is 21.6. The Bertz CT molecular complexity index is 1980. The molecule has 5 rings (SSSR count). The molecule has 232 valence electrons. The van der Waals surface area contributed by atoms with Gasteiger partial charge in [0.05, 0.1) is 43.5 Å². The molecular weight excluding hydrogens is 748 g/mol. The lowest BCUT2D eigenvalue weighted by Gasteiger charge is -2.25. The number of halogens is 3. The molecule has 0 N–H and O–H groups in total. The van der Waals surface area contributed by atoms with Gasteiger partial charge in [-0.1, -0.05) is 53.3 Å². The summed E-state index contributed by atoms with van der Waals surface area (Å²) in [7, 11) is 0. The molecule has 0 radical (unpaired) electrons. The summed E-state index contributed by atoms with van der Waals surface area (Å²) < 4.78 is 19.7. The van der Waals surface area contributed by atoms with Crippen LogP contribution in [0.3, 0.4) is 0 Å². The maximum absolute atomic E-state index is 13.9. The zero-order valence-electron chi connectivity index (χ0n) is 24.4. The molecule has 45 heavy (non-hydrogen) atoms. The molecule has 1 aliphatic rings. The number of ether oxygens (including phenoxy) is 3. The largest absolute Gasteiger partial charge is 0.487 e. The van der Waals surface area contributed by atoms with E-state index in [4.69, 9.17) is 25.8 Å². The van der Waals surface area contributed by atoms with E-state index < -0.39 is 12.0 Å².